The quantitative estimate of drug-likeness (QED) is 0.515. The van der Waals surface area contributed by atoms with Gasteiger partial charge in [-0.25, -0.2) is 8.42 Å². The second-order valence-corrected chi connectivity index (χ2v) is 10.6. The predicted octanol–water partition coefficient (Wildman–Crippen LogP) is 4.96. The van der Waals surface area contributed by atoms with Crippen LogP contribution in [-0.2, 0) is 10.0 Å². The van der Waals surface area contributed by atoms with Crippen molar-refractivity contribution < 1.29 is 17.9 Å². The summed E-state index contributed by atoms with van der Waals surface area (Å²) in [6.07, 6.45) is 1.93. The van der Waals surface area contributed by atoms with Crippen molar-refractivity contribution in [3.8, 4) is 5.75 Å². The molecule has 0 aliphatic heterocycles. The van der Waals surface area contributed by atoms with Gasteiger partial charge in [-0.15, -0.1) is 11.3 Å². The highest BCUT2D eigenvalue weighted by atomic mass is 32.2. The first-order valence-corrected chi connectivity index (χ1v) is 12.4. The molecule has 1 amide bonds. The molecule has 0 saturated carbocycles. The van der Waals surface area contributed by atoms with Crippen molar-refractivity contribution in [3.63, 3.8) is 0 Å². The summed E-state index contributed by atoms with van der Waals surface area (Å²) >= 11 is 1.40. The molecule has 0 bridgehead atoms. The van der Waals surface area contributed by atoms with Crippen molar-refractivity contribution >= 4 is 43.0 Å². The van der Waals surface area contributed by atoms with Crippen molar-refractivity contribution in [1.82, 2.24) is 5.32 Å². The predicted molar refractivity (Wildman–Crippen MR) is 127 cm³/mol. The van der Waals surface area contributed by atoms with Crippen LogP contribution in [0, 0.1) is 6.92 Å². The van der Waals surface area contributed by atoms with Gasteiger partial charge in [0, 0.05) is 17.8 Å². The van der Waals surface area contributed by atoms with Crippen LogP contribution < -0.4 is 14.4 Å². The highest BCUT2D eigenvalue weighted by molar-refractivity contribution is 7.93. The lowest BCUT2D eigenvalue weighted by Gasteiger charge is -2.21. The standard InChI is InChI=1S/C23H28N2O4S2/c1-6-7-16(3)24-23(26)21-14-17-13-18(9-11-20(17)30-21)25(4)31(27,28)22-12-15(2)8-10-19(22)29-5/h8-14,16H,6-7H2,1-5H3,(H,24,26)/t16-/m0/s1. The molecule has 0 aliphatic carbocycles. The molecule has 0 spiro atoms. The van der Waals surface area contributed by atoms with Crippen LogP contribution >= 0.6 is 11.3 Å². The maximum atomic E-state index is 13.3. The molecule has 8 heteroatoms. The molecule has 1 atom stereocenters. The second kappa shape index (κ2) is 9.28. The number of amides is 1. The maximum absolute atomic E-state index is 13.3. The van der Waals surface area contributed by atoms with Crippen molar-refractivity contribution in [3.05, 3.63) is 52.9 Å². The first kappa shape index (κ1) is 23.1. The van der Waals surface area contributed by atoms with E-state index in [2.05, 4.69) is 12.2 Å². The van der Waals surface area contributed by atoms with Gasteiger partial charge >= 0.3 is 0 Å². The van der Waals surface area contributed by atoms with Gasteiger partial charge in [0.2, 0.25) is 0 Å². The zero-order chi connectivity index (χ0) is 22.8. The van der Waals surface area contributed by atoms with Crippen molar-refractivity contribution in [2.24, 2.45) is 0 Å². The van der Waals surface area contributed by atoms with E-state index in [9.17, 15) is 13.2 Å². The molecular weight excluding hydrogens is 432 g/mol. The smallest absolute Gasteiger partial charge is 0.267 e. The number of anilines is 1. The van der Waals surface area contributed by atoms with Crippen LogP contribution in [0.2, 0.25) is 0 Å². The normalized spacial score (nSPS) is 12.5. The SMILES string of the molecule is CCC[C@H](C)NC(=O)c1cc2cc(N(C)S(=O)(=O)c3cc(C)ccc3OC)ccc2s1. The number of rotatable bonds is 8. The van der Waals surface area contributed by atoms with Gasteiger partial charge in [0.05, 0.1) is 17.7 Å². The largest absolute Gasteiger partial charge is 0.495 e. The molecule has 31 heavy (non-hydrogen) atoms. The van der Waals surface area contributed by atoms with Crippen LogP contribution in [0.25, 0.3) is 10.1 Å². The summed E-state index contributed by atoms with van der Waals surface area (Å²) in [5.74, 6) is 0.198. The van der Waals surface area contributed by atoms with Crippen molar-refractivity contribution in [2.45, 2.75) is 44.6 Å². The summed E-state index contributed by atoms with van der Waals surface area (Å²) in [6, 6.07) is 12.4. The molecule has 0 aliphatic rings. The van der Waals surface area contributed by atoms with Gasteiger partial charge < -0.3 is 10.1 Å². The molecule has 6 nitrogen and oxygen atoms in total. The van der Waals surface area contributed by atoms with E-state index in [0.717, 1.165) is 28.5 Å². The Labute approximate surface area is 187 Å². The van der Waals surface area contributed by atoms with Gasteiger partial charge in [0.25, 0.3) is 15.9 Å². The van der Waals surface area contributed by atoms with E-state index in [1.165, 1.54) is 29.8 Å². The van der Waals surface area contributed by atoms with E-state index in [1.54, 1.807) is 24.3 Å². The van der Waals surface area contributed by atoms with E-state index >= 15 is 0 Å². The fourth-order valence-corrected chi connectivity index (χ4v) is 5.78. The maximum Gasteiger partial charge on any atom is 0.267 e. The number of nitrogens with zero attached hydrogens (tertiary/aromatic N) is 1. The van der Waals surface area contributed by atoms with Crippen molar-refractivity contribution in [2.75, 3.05) is 18.5 Å². The summed E-state index contributed by atoms with van der Waals surface area (Å²) in [7, 11) is -0.853. The molecule has 0 unspecified atom stereocenters. The van der Waals surface area contributed by atoms with Gasteiger partial charge in [-0.3, -0.25) is 9.10 Å². The van der Waals surface area contributed by atoms with Crippen molar-refractivity contribution in [1.29, 1.82) is 0 Å². The molecule has 3 rings (SSSR count). The monoisotopic (exact) mass is 460 g/mol. The Hall–Kier alpha value is -2.58. The highest BCUT2D eigenvalue weighted by Gasteiger charge is 2.26. The number of hydrogen-bond acceptors (Lipinski definition) is 5. The lowest BCUT2D eigenvalue weighted by Crippen LogP contribution is -2.31. The molecule has 1 N–H and O–H groups in total. The number of sulfonamides is 1. The van der Waals surface area contributed by atoms with Crippen LogP contribution in [0.1, 0.15) is 41.9 Å². The van der Waals surface area contributed by atoms with Gasteiger partial charge in [0.1, 0.15) is 10.6 Å². The van der Waals surface area contributed by atoms with Gasteiger partial charge in [-0.05, 0) is 67.6 Å². The van der Waals surface area contributed by atoms with Crippen LogP contribution in [-0.4, -0.2) is 34.5 Å². The Kier molecular flexibility index (Phi) is 6.91. The molecule has 0 radical (unpaired) electrons. The number of nitrogens with one attached hydrogen (secondary N) is 1. The lowest BCUT2D eigenvalue weighted by atomic mass is 10.2. The van der Waals surface area contributed by atoms with E-state index < -0.39 is 10.0 Å². The molecule has 2 aromatic carbocycles. The number of ether oxygens (including phenoxy) is 1. The third-order valence-corrected chi connectivity index (χ3v) is 8.07. The number of methoxy groups -OCH3 is 1. The number of hydrogen-bond donors (Lipinski definition) is 1. The van der Waals surface area contributed by atoms with E-state index in [1.807, 2.05) is 32.0 Å². The zero-order valence-corrected chi connectivity index (χ0v) is 20.1. The van der Waals surface area contributed by atoms with E-state index in [-0.39, 0.29) is 16.8 Å². The Balaban J connectivity index is 1.93. The highest BCUT2D eigenvalue weighted by Crippen LogP contribution is 2.33. The average Bonchev–Trinajstić information content (AvgIpc) is 3.16. The fourth-order valence-electron chi connectivity index (χ4n) is 3.41. The summed E-state index contributed by atoms with van der Waals surface area (Å²) in [5, 5.41) is 3.84. The number of thiophene rings is 1. The molecule has 1 aromatic heterocycles. The molecule has 166 valence electrons. The molecular formula is C23H28N2O4S2. The summed E-state index contributed by atoms with van der Waals surface area (Å²) in [4.78, 5) is 13.3. The average molecular weight is 461 g/mol. The Morgan fingerprint density at radius 3 is 2.61 bits per heavy atom. The summed E-state index contributed by atoms with van der Waals surface area (Å²) in [5.41, 5.74) is 1.34. The molecule has 0 saturated heterocycles. The van der Waals surface area contributed by atoms with Gasteiger partial charge in [0.15, 0.2) is 0 Å². The number of fused-ring (bicyclic) bond motifs is 1. The molecule has 1 heterocycles. The minimum absolute atomic E-state index is 0.103. The minimum Gasteiger partial charge on any atom is -0.495 e. The topological polar surface area (TPSA) is 75.7 Å². The summed E-state index contributed by atoms with van der Waals surface area (Å²) < 4.78 is 34.0. The third kappa shape index (κ3) is 4.85. The molecule has 3 aromatic rings. The third-order valence-electron chi connectivity index (χ3n) is 5.14. The first-order valence-electron chi connectivity index (χ1n) is 10.2. The number of benzene rings is 2. The lowest BCUT2D eigenvalue weighted by molar-refractivity contribution is 0.0942. The summed E-state index contributed by atoms with van der Waals surface area (Å²) in [6.45, 7) is 5.91. The Bertz CT molecular complexity index is 1200. The minimum atomic E-state index is -3.83. The van der Waals surface area contributed by atoms with E-state index in [0.29, 0.717) is 16.3 Å². The second-order valence-electron chi connectivity index (χ2n) is 7.62. The van der Waals surface area contributed by atoms with Gasteiger partial charge in [-0.1, -0.05) is 19.4 Å². The fraction of sp³-hybridized carbons (Fsp3) is 0.348. The Morgan fingerprint density at radius 1 is 1.19 bits per heavy atom. The first-order chi connectivity index (χ1) is 14.7. The van der Waals surface area contributed by atoms with Crippen LogP contribution in [0.15, 0.2) is 47.4 Å². The number of carbonyl (C=O) groups is 1. The Morgan fingerprint density at radius 2 is 1.94 bits per heavy atom. The van der Waals surface area contributed by atoms with Crippen LogP contribution in [0.4, 0.5) is 5.69 Å². The van der Waals surface area contributed by atoms with Crippen LogP contribution in [0.3, 0.4) is 0 Å². The molecule has 0 fully saturated rings. The number of aryl methyl sites for hydroxylation is 1. The van der Waals surface area contributed by atoms with E-state index in [4.69, 9.17) is 4.74 Å². The van der Waals surface area contributed by atoms with Crippen LogP contribution in [0.5, 0.6) is 5.75 Å². The van der Waals surface area contributed by atoms with Gasteiger partial charge in [-0.2, -0.15) is 0 Å². The number of carbonyl (C=O) groups excluding carboxylic acids is 1. The zero-order valence-electron chi connectivity index (χ0n) is 18.4.